The number of carbonyl (C=O) groups is 2. The van der Waals surface area contributed by atoms with Crippen LogP contribution in [0.2, 0.25) is 10.0 Å². The summed E-state index contributed by atoms with van der Waals surface area (Å²) in [5.74, 6) is 0.229. The molecule has 1 aliphatic rings. The van der Waals surface area contributed by atoms with Gasteiger partial charge in [0.1, 0.15) is 11.0 Å². The van der Waals surface area contributed by atoms with Crippen LogP contribution in [0.3, 0.4) is 0 Å². The van der Waals surface area contributed by atoms with Crippen LogP contribution in [0.4, 0.5) is 11.4 Å². The highest BCUT2D eigenvalue weighted by Gasteiger charge is 2.36. The Morgan fingerprint density at radius 1 is 1.09 bits per heavy atom. The van der Waals surface area contributed by atoms with Gasteiger partial charge in [-0.15, -0.1) is 0 Å². The average molecular weight is 514 g/mol. The summed E-state index contributed by atoms with van der Waals surface area (Å²) in [4.78, 5) is 32.4. The number of amidine groups is 1. The Kier molecular flexibility index (Phi) is 7.77. The summed E-state index contributed by atoms with van der Waals surface area (Å²) < 4.78 is 5.15. The van der Waals surface area contributed by atoms with Gasteiger partial charge in [-0.2, -0.15) is 0 Å². The highest BCUT2D eigenvalue weighted by molar-refractivity contribution is 8.15. The molecule has 34 heavy (non-hydrogen) atoms. The van der Waals surface area contributed by atoms with Gasteiger partial charge in [0.05, 0.1) is 19.3 Å². The van der Waals surface area contributed by atoms with Crippen molar-refractivity contribution in [2.24, 2.45) is 4.99 Å². The van der Waals surface area contributed by atoms with E-state index in [-0.39, 0.29) is 18.2 Å². The van der Waals surface area contributed by atoms with E-state index in [0.29, 0.717) is 38.9 Å². The van der Waals surface area contributed by atoms with E-state index >= 15 is 0 Å². The number of amides is 2. The molecule has 0 aromatic heterocycles. The fraction of sp³-hybridized carbons (Fsp3) is 0.160. The first-order chi connectivity index (χ1) is 16.4. The van der Waals surface area contributed by atoms with Crippen molar-refractivity contribution in [2.75, 3.05) is 12.4 Å². The minimum absolute atomic E-state index is 0.0504. The van der Waals surface area contributed by atoms with Crippen LogP contribution in [0.1, 0.15) is 12.0 Å². The number of nitrogens with one attached hydrogen (secondary N) is 1. The van der Waals surface area contributed by atoms with Gasteiger partial charge in [0, 0.05) is 22.2 Å². The fourth-order valence-electron chi connectivity index (χ4n) is 3.32. The van der Waals surface area contributed by atoms with E-state index < -0.39 is 5.25 Å². The number of nitrogens with zero attached hydrogens (tertiary/aromatic N) is 2. The lowest BCUT2D eigenvalue weighted by atomic mass is 10.2. The molecule has 1 atom stereocenters. The van der Waals surface area contributed by atoms with Gasteiger partial charge >= 0.3 is 0 Å². The Bertz CT molecular complexity index is 1220. The van der Waals surface area contributed by atoms with Crippen LogP contribution in [-0.2, 0) is 16.1 Å². The van der Waals surface area contributed by atoms with Gasteiger partial charge in [0.2, 0.25) is 11.8 Å². The maximum absolute atomic E-state index is 13.2. The van der Waals surface area contributed by atoms with Crippen LogP contribution in [0.25, 0.3) is 0 Å². The molecule has 1 unspecified atom stereocenters. The van der Waals surface area contributed by atoms with Gasteiger partial charge in [0.25, 0.3) is 0 Å². The Morgan fingerprint density at radius 3 is 2.50 bits per heavy atom. The van der Waals surface area contributed by atoms with Crippen molar-refractivity contribution in [3.8, 4) is 5.75 Å². The van der Waals surface area contributed by atoms with Crippen LogP contribution >= 0.6 is 35.0 Å². The topological polar surface area (TPSA) is 71.0 Å². The van der Waals surface area contributed by atoms with Crippen LogP contribution in [0.15, 0.2) is 77.8 Å². The van der Waals surface area contributed by atoms with Crippen LogP contribution in [0, 0.1) is 0 Å². The number of methoxy groups -OCH3 is 1. The van der Waals surface area contributed by atoms with Gasteiger partial charge in [0.15, 0.2) is 5.17 Å². The standard InChI is InChI=1S/C25H21Cl2N3O3S/c1-33-21-11-9-19(10-12-21)28-24(32)22-14-23(31)30(15-16-5-7-17(26)8-6-16)25(34-22)29-20-4-2-3-18(27)13-20/h2-13,22H,14-15H2,1H3,(H,28,32). The highest BCUT2D eigenvalue weighted by Crippen LogP contribution is 2.32. The smallest absolute Gasteiger partial charge is 0.238 e. The highest BCUT2D eigenvalue weighted by atomic mass is 35.5. The fourth-order valence-corrected chi connectivity index (χ4v) is 4.73. The van der Waals surface area contributed by atoms with Crippen molar-refractivity contribution in [2.45, 2.75) is 18.2 Å². The molecule has 4 rings (SSSR count). The number of carbonyl (C=O) groups excluding carboxylic acids is 2. The third kappa shape index (κ3) is 6.11. The molecule has 9 heteroatoms. The van der Waals surface area contributed by atoms with E-state index in [4.69, 9.17) is 27.9 Å². The molecule has 0 aliphatic carbocycles. The summed E-state index contributed by atoms with van der Waals surface area (Å²) in [6.07, 6.45) is 0.0504. The summed E-state index contributed by atoms with van der Waals surface area (Å²) in [6.45, 7) is 0.315. The number of aliphatic imine (C=N–C) groups is 1. The van der Waals surface area contributed by atoms with E-state index in [0.717, 1.165) is 5.56 Å². The summed E-state index contributed by atoms with van der Waals surface area (Å²) in [6, 6.07) is 21.3. The minimum Gasteiger partial charge on any atom is -0.497 e. The minimum atomic E-state index is -0.631. The molecule has 1 N–H and O–H groups in total. The zero-order chi connectivity index (χ0) is 24.1. The second-order valence-corrected chi connectivity index (χ2v) is 9.55. The zero-order valence-corrected chi connectivity index (χ0v) is 20.5. The Labute approximate surface area is 211 Å². The molecule has 1 fully saturated rings. The number of thioether (sulfide) groups is 1. The molecule has 1 aliphatic heterocycles. The molecule has 3 aromatic carbocycles. The Morgan fingerprint density at radius 2 is 1.82 bits per heavy atom. The van der Waals surface area contributed by atoms with Gasteiger partial charge in [-0.25, -0.2) is 4.99 Å². The Hall–Kier alpha value is -3.00. The van der Waals surface area contributed by atoms with Gasteiger partial charge < -0.3 is 10.1 Å². The maximum Gasteiger partial charge on any atom is 0.238 e. The van der Waals surface area contributed by atoms with Crippen LogP contribution in [0.5, 0.6) is 5.75 Å². The molecule has 2 amide bonds. The summed E-state index contributed by atoms with van der Waals surface area (Å²) >= 11 is 13.4. The molecule has 0 radical (unpaired) electrons. The summed E-state index contributed by atoms with van der Waals surface area (Å²) in [5, 5.41) is 3.83. The van der Waals surface area contributed by atoms with Gasteiger partial charge in [-0.1, -0.05) is 53.2 Å². The molecule has 0 saturated carbocycles. The lowest BCUT2D eigenvalue weighted by molar-refractivity contribution is -0.129. The molecule has 1 saturated heterocycles. The number of benzene rings is 3. The molecular weight excluding hydrogens is 493 g/mol. The number of anilines is 1. The number of hydrogen-bond acceptors (Lipinski definition) is 5. The van der Waals surface area contributed by atoms with E-state index in [1.807, 2.05) is 12.1 Å². The molecule has 0 bridgehead atoms. The van der Waals surface area contributed by atoms with Crippen molar-refractivity contribution < 1.29 is 14.3 Å². The van der Waals surface area contributed by atoms with Crippen molar-refractivity contribution >= 4 is 63.3 Å². The van der Waals surface area contributed by atoms with E-state index in [1.54, 1.807) is 72.7 Å². The summed E-state index contributed by atoms with van der Waals surface area (Å²) in [7, 11) is 1.58. The zero-order valence-electron chi connectivity index (χ0n) is 18.2. The van der Waals surface area contributed by atoms with Gasteiger partial charge in [-0.05, 0) is 60.2 Å². The third-order valence-corrected chi connectivity index (χ3v) is 6.75. The number of halogens is 2. The van der Waals surface area contributed by atoms with Crippen molar-refractivity contribution in [1.29, 1.82) is 0 Å². The molecule has 6 nitrogen and oxygen atoms in total. The average Bonchev–Trinajstić information content (AvgIpc) is 2.83. The summed E-state index contributed by atoms with van der Waals surface area (Å²) in [5.41, 5.74) is 2.12. The van der Waals surface area contributed by atoms with E-state index in [2.05, 4.69) is 10.3 Å². The lowest BCUT2D eigenvalue weighted by Crippen LogP contribution is -2.44. The van der Waals surface area contributed by atoms with E-state index in [9.17, 15) is 9.59 Å². The third-order valence-electron chi connectivity index (χ3n) is 5.08. The normalized spacial score (nSPS) is 17.0. The monoisotopic (exact) mass is 513 g/mol. The predicted molar refractivity (Wildman–Crippen MR) is 138 cm³/mol. The predicted octanol–water partition coefficient (Wildman–Crippen LogP) is 6.16. The second kappa shape index (κ2) is 11.0. The first-order valence-corrected chi connectivity index (χ1v) is 12.1. The lowest BCUT2D eigenvalue weighted by Gasteiger charge is -2.32. The SMILES string of the molecule is COc1ccc(NC(=O)C2CC(=O)N(Cc3ccc(Cl)cc3)C(=Nc3cccc(Cl)c3)S2)cc1. The van der Waals surface area contributed by atoms with Crippen molar-refractivity contribution in [1.82, 2.24) is 4.90 Å². The van der Waals surface area contributed by atoms with Crippen molar-refractivity contribution in [3.05, 3.63) is 88.4 Å². The first-order valence-electron chi connectivity index (χ1n) is 10.4. The molecule has 0 spiro atoms. The number of rotatable bonds is 6. The Balaban J connectivity index is 1.58. The van der Waals surface area contributed by atoms with Crippen molar-refractivity contribution in [3.63, 3.8) is 0 Å². The number of ether oxygens (including phenoxy) is 1. The molecule has 1 heterocycles. The number of hydrogen-bond donors (Lipinski definition) is 1. The second-order valence-electron chi connectivity index (χ2n) is 7.51. The molecular formula is C25H21Cl2N3O3S. The van der Waals surface area contributed by atoms with Crippen LogP contribution in [-0.4, -0.2) is 34.2 Å². The first kappa shape index (κ1) is 24.1. The largest absolute Gasteiger partial charge is 0.497 e. The van der Waals surface area contributed by atoms with Gasteiger partial charge in [-0.3, -0.25) is 14.5 Å². The maximum atomic E-state index is 13.2. The molecule has 3 aromatic rings. The van der Waals surface area contributed by atoms with E-state index in [1.165, 1.54) is 11.8 Å². The molecule has 174 valence electrons. The quantitative estimate of drug-likeness (QED) is 0.428. The van der Waals surface area contributed by atoms with Crippen LogP contribution < -0.4 is 10.1 Å².